The van der Waals surface area contributed by atoms with Crippen LogP contribution in [0.4, 0.5) is 5.95 Å². The van der Waals surface area contributed by atoms with E-state index in [1.165, 1.54) is 10.9 Å². The Labute approximate surface area is 308 Å². The predicted molar refractivity (Wildman–Crippen MR) is 187 cm³/mol. The predicted octanol–water partition coefficient (Wildman–Crippen LogP) is -8.45. The number of hydrogen-bond acceptors (Lipinski definition) is 20. The number of ether oxygens (including phenoxy) is 3. The van der Waals surface area contributed by atoms with Gasteiger partial charge in [-0.1, -0.05) is 0 Å². The molecule has 1 aliphatic carbocycles. The van der Waals surface area contributed by atoms with E-state index < -0.39 is 109 Å². The van der Waals surface area contributed by atoms with Crippen molar-refractivity contribution in [3.05, 3.63) is 16.7 Å². The average molecular weight is 772 g/mol. The Kier molecular flexibility index (Phi) is 13.9. The monoisotopic (exact) mass is 771 g/mol. The third kappa shape index (κ3) is 8.97. The zero-order chi connectivity index (χ0) is 39.4. The van der Waals surface area contributed by atoms with Gasteiger partial charge in [0.25, 0.3) is 11.5 Å². The van der Waals surface area contributed by atoms with Crippen LogP contribution >= 0.6 is 0 Å². The Balaban J connectivity index is 1.02. The highest BCUT2D eigenvalue weighted by molar-refractivity contribution is 5.82. The average Bonchev–Trinajstić information content (AvgIpc) is 3.69. The van der Waals surface area contributed by atoms with Crippen LogP contribution in [-0.4, -0.2) is 168 Å². The largest absolute Gasteiger partial charge is 0.390 e. The van der Waals surface area contributed by atoms with Gasteiger partial charge in [0.15, 0.2) is 29.8 Å². The van der Waals surface area contributed by atoms with Gasteiger partial charge in [-0.2, -0.15) is 4.98 Å². The minimum absolute atomic E-state index is 0.00333. The molecule has 2 aliphatic heterocycles. The van der Waals surface area contributed by atoms with Gasteiger partial charge in [0.1, 0.15) is 30.5 Å². The highest BCUT2D eigenvalue weighted by Crippen LogP contribution is 2.31. The fraction of sp³-hybridized carbons (Fsp3) is 0.767. The van der Waals surface area contributed by atoms with Gasteiger partial charge < -0.3 is 90.1 Å². The summed E-state index contributed by atoms with van der Waals surface area (Å²) in [6.07, 6.45) is -10.0. The topological polar surface area (TPSA) is 419 Å². The molecule has 2 amide bonds. The molecular formula is C30H53N13O11. The number of aromatic nitrogens is 4. The lowest BCUT2D eigenvalue weighted by Crippen LogP contribution is -2.70. The summed E-state index contributed by atoms with van der Waals surface area (Å²) in [6, 6.07) is -4.13. The second-order valence-electron chi connectivity index (χ2n) is 13.9. The summed E-state index contributed by atoms with van der Waals surface area (Å²) in [5, 5.41) is 61.0. The first-order valence-electron chi connectivity index (χ1n) is 17.7. The molecule has 0 spiro atoms. The van der Waals surface area contributed by atoms with Gasteiger partial charge in [-0.25, -0.2) is 4.98 Å². The van der Waals surface area contributed by atoms with Gasteiger partial charge >= 0.3 is 0 Å². The highest BCUT2D eigenvalue weighted by Gasteiger charge is 2.49. The van der Waals surface area contributed by atoms with Gasteiger partial charge in [0, 0.05) is 38.3 Å². The van der Waals surface area contributed by atoms with E-state index >= 15 is 0 Å². The standard InChI is InChI=1S/C30H53N13O11/c31-8-13-18(45)19(46)14(35)29(52-13)54-22-12(34)7-11(33)17(44)15(22)37-5-6-39-25(49)10(32)3-1-2-4-38-27(51)23-20(47)21(48)28(53-23)43-9-40-16-24(43)41-30(36)42-26(16)50/h9-15,17-23,28-29,37,44-48H,1-8,31-35H2,(H,38,51)(H,39,49)(H3,36,41,42,50)/t10-,11+,12-,13+,14+,15-,17-,18+,19+,20-,21+,22+,23-,28+,29+/m0/s1. The summed E-state index contributed by atoms with van der Waals surface area (Å²) in [6.45, 7) is 0.344. The number of imidazole rings is 1. The highest BCUT2D eigenvalue weighted by atomic mass is 16.7. The Bertz CT molecular complexity index is 1630. The number of hydrogen-bond donors (Lipinski definition) is 15. The van der Waals surface area contributed by atoms with Crippen molar-refractivity contribution in [2.24, 2.45) is 28.7 Å². The number of amides is 2. The van der Waals surface area contributed by atoms with Gasteiger partial charge in [0.2, 0.25) is 11.9 Å². The lowest BCUT2D eigenvalue weighted by atomic mass is 9.82. The second kappa shape index (κ2) is 18.0. The Morgan fingerprint density at radius 3 is 2.44 bits per heavy atom. The van der Waals surface area contributed by atoms with Crippen LogP contribution in [0.1, 0.15) is 31.9 Å². The second-order valence-corrected chi connectivity index (χ2v) is 13.9. The van der Waals surface area contributed by atoms with Crippen molar-refractivity contribution >= 4 is 28.9 Å². The van der Waals surface area contributed by atoms with Crippen molar-refractivity contribution in [2.75, 3.05) is 31.9 Å². The summed E-state index contributed by atoms with van der Waals surface area (Å²) in [7, 11) is 0. The molecule has 54 heavy (non-hydrogen) atoms. The summed E-state index contributed by atoms with van der Waals surface area (Å²) < 4.78 is 18.6. The number of nitrogens with two attached hydrogens (primary N) is 6. The van der Waals surface area contributed by atoms with Crippen molar-refractivity contribution in [3.63, 3.8) is 0 Å². The molecule has 2 aromatic heterocycles. The molecule has 24 heteroatoms. The Hall–Kier alpha value is -3.47. The molecule has 0 radical (unpaired) electrons. The van der Waals surface area contributed by atoms with Crippen molar-refractivity contribution in [1.82, 2.24) is 35.5 Å². The molecule has 15 atom stereocenters. The van der Waals surface area contributed by atoms with E-state index in [9.17, 15) is 39.9 Å². The number of nitrogens with one attached hydrogen (secondary N) is 4. The number of carbonyl (C=O) groups excluding carboxylic acids is 2. The summed E-state index contributed by atoms with van der Waals surface area (Å²) in [5.41, 5.74) is 35.2. The molecule has 0 bridgehead atoms. The third-order valence-electron chi connectivity index (χ3n) is 10.0. The number of aliphatic hydroxyl groups excluding tert-OH is 5. The number of nitrogens with zero attached hydrogens (tertiary/aromatic N) is 3. The number of rotatable bonds is 15. The molecule has 24 nitrogen and oxygen atoms in total. The quantitative estimate of drug-likeness (QED) is 0.0747. The van der Waals surface area contributed by atoms with E-state index in [1.807, 2.05) is 0 Å². The molecule has 2 saturated heterocycles. The maximum atomic E-state index is 12.8. The fourth-order valence-corrected chi connectivity index (χ4v) is 6.89. The maximum absolute atomic E-state index is 12.8. The first-order chi connectivity index (χ1) is 25.6. The summed E-state index contributed by atoms with van der Waals surface area (Å²) in [4.78, 5) is 47.8. The van der Waals surface area contributed by atoms with E-state index in [-0.39, 0.29) is 56.1 Å². The molecule has 1 saturated carbocycles. The van der Waals surface area contributed by atoms with Gasteiger partial charge in [0.05, 0.1) is 36.7 Å². The number of aliphatic hydroxyl groups is 5. The molecular weight excluding hydrogens is 718 g/mol. The fourth-order valence-electron chi connectivity index (χ4n) is 6.89. The SMILES string of the molecule is NC[C@H]1O[C@H](O[C@H]2[C@@H](NCCNC(=O)[C@@H](N)CCCCNC(=O)[C@H]3O[C@@H](n4cnc5c(=O)[nH]c(N)nc54)[C@H](O)[C@@H]3O)[C@@H](O)[C@H](N)C[C@@H]2N)[C@H](N)[C@@H](O)[C@@H]1O. The molecule has 3 aliphatic rings. The van der Waals surface area contributed by atoms with Crippen LogP contribution in [-0.2, 0) is 23.8 Å². The van der Waals surface area contributed by atoms with Crippen LogP contribution in [0, 0.1) is 0 Å². The molecule has 0 aromatic carbocycles. The van der Waals surface area contributed by atoms with E-state index in [1.54, 1.807) is 0 Å². The molecule has 3 fully saturated rings. The number of carbonyl (C=O) groups is 2. The van der Waals surface area contributed by atoms with Crippen LogP contribution in [0.5, 0.6) is 0 Å². The number of fused-ring (bicyclic) bond motifs is 1. The summed E-state index contributed by atoms with van der Waals surface area (Å²) >= 11 is 0. The van der Waals surface area contributed by atoms with Crippen LogP contribution in [0.2, 0.25) is 0 Å². The van der Waals surface area contributed by atoms with Gasteiger partial charge in [-0.15, -0.1) is 0 Å². The number of unbranched alkanes of at least 4 members (excludes halogenated alkanes) is 1. The van der Waals surface area contributed by atoms with E-state index in [0.29, 0.717) is 12.8 Å². The lowest BCUT2D eigenvalue weighted by molar-refractivity contribution is -0.279. The minimum atomic E-state index is -1.59. The van der Waals surface area contributed by atoms with E-state index in [0.717, 1.165) is 0 Å². The minimum Gasteiger partial charge on any atom is -0.390 e. The Morgan fingerprint density at radius 1 is 0.981 bits per heavy atom. The van der Waals surface area contributed by atoms with Crippen molar-refractivity contribution in [1.29, 1.82) is 0 Å². The number of anilines is 1. The molecule has 21 N–H and O–H groups in total. The number of H-pyrrole nitrogens is 1. The first kappa shape index (κ1) is 41.7. The first-order valence-corrected chi connectivity index (χ1v) is 17.7. The third-order valence-corrected chi connectivity index (χ3v) is 10.0. The van der Waals surface area contributed by atoms with Crippen LogP contribution < -0.4 is 55.9 Å². The smallest absolute Gasteiger partial charge is 0.280 e. The van der Waals surface area contributed by atoms with Crippen molar-refractivity contribution < 1.29 is 49.3 Å². The van der Waals surface area contributed by atoms with E-state index in [4.69, 9.17) is 48.6 Å². The zero-order valence-electron chi connectivity index (χ0n) is 29.4. The zero-order valence-corrected chi connectivity index (χ0v) is 29.4. The molecule has 304 valence electrons. The number of aromatic amines is 1. The van der Waals surface area contributed by atoms with Crippen LogP contribution in [0.3, 0.4) is 0 Å². The van der Waals surface area contributed by atoms with E-state index in [2.05, 4.69) is 30.9 Å². The van der Waals surface area contributed by atoms with Crippen molar-refractivity contribution in [3.8, 4) is 0 Å². The molecule has 0 unspecified atom stereocenters. The Morgan fingerprint density at radius 2 is 1.72 bits per heavy atom. The van der Waals surface area contributed by atoms with Crippen LogP contribution in [0.25, 0.3) is 11.2 Å². The van der Waals surface area contributed by atoms with Crippen molar-refractivity contribution in [2.45, 2.75) is 117 Å². The normalized spacial score (nSPS) is 36.3. The van der Waals surface area contributed by atoms with Crippen LogP contribution in [0.15, 0.2) is 11.1 Å². The maximum Gasteiger partial charge on any atom is 0.280 e. The number of nitrogen functional groups attached to an aromatic ring is 1. The van der Waals surface area contributed by atoms with Gasteiger partial charge in [-0.05, 0) is 25.7 Å². The molecule has 5 rings (SSSR count). The summed E-state index contributed by atoms with van der Waals surface area (Å²) in [5.74, 6) is -1.31. The molecule has 4 heterocycles. The molecule has 2 aromatic rings. The lowest BCUT2D eigenvalue weighted by Gasteiger charge is -2.47. The van der Waals surface area contributed by atoms with Gasteiger partial charge in [-0.3, -0.25) is 23.9 Å².